The highest BCUT2D eigenvalue weighted by Gasteiger charge is 2.26. The van der Waals surface area contributed by atoms with Crippen LogP contribution in [0.25, 0.3) is 0 Å². The van der Waals surface area contributed by atoms with Crippen LogP contribution in [0, 0.1) is 0 Å². The van der Waals surface area contributed by atoms with E-state index >= 15 is 0 Å². The second-order valence-corrected chi connectivity index (χ2v) is 7.71. The van der Waals surface area contributed by atoms with E-state index in [0.717, 1.165) is 12.1 Å². The Bertz CT molecular complexity index is 741. The van der Waals surface area contributed by atoms with Crippen LogP contribution in [0.2, 0.25) is 0 Å². The van der Waals surface area contributed by atoms with Gasteiger partial charge in [0, 0.05) is 36.2 Å². The molecule has 0 bridgehead atoms. The lowest BCUT2D eigenvalue weighted by Crippen LogP contribution is -2.18. The van der Waals surface area contributed by atoms with Crippen LogP contribution >= 0.6 is 63.7 Å². The number of hydrogen-bond acceptors (Lipinski definition) is 4. The molecule has 1 aromatic carbocycles. The molecule has 0 spiro atoms. The summed E-state index contributed by atoms with van der Waals surface area (Å²) in [4.78, 5) is 26.4. The summed E-state index contributed by atoms with van der Waals surface area (Å²) in [5, 5.41) is 9.04. The van der Waals surface area contributed by atoms with Crippen molar-refractivity contribution in [2.24, 2.45) is 11.5 Å². The van der Waals surface area contributed by atoms with Crippen LogP contribution in [0.15, 0.2) is 42.3 Å². The van der Waals surface area contributed by atoms with Gasteiger partial charge in [0.15, 0.2) is 0 Å². The van der Waals surface area contributed by atoms with Crippen molar-refractivity contribution in [2.75, 3.05) is 6.54 Å². The summed E-state index contributed by atoms with van der Waals surface area (Å²) in [7, 11) is 0. The fourth-order valence-corrected chi connectivity index (χ4v) is 4.24. The third kappa shape index (κ3) is 5.85. The monoisotopic (exact) mass is 599 g/mol. The highest BCUT2D eigenvalue weighted by atomic mass is 79.9. The number of rotatable bonds is 4. The number of carbonyl (C=O) groups is 2. The molecule has 25 heavy (non-hydrogen) atoms. The highest BCUT2D eigenvalue weighted by Crippen LogP contribution is 2.41. The summed E-state index contributed by atoms with van der Waals surface area (Å²) < 4.78 is 1.55. The summed E-state index contributed by atoms with van der Waals surface area (Å²) in [5.41, 5.74) is 11.3. The van der Waals surface area contributed by atoms with Crippen LogP contribution in [-0.4, -0.2) is 28.5 Å². The molecule has 0 atom stereocenters. The Morgan fingerprint density at radius 1 is 1.00 bits per heavy atom. The van der Waals surface area contributed by atoms with Crippen molar-refractivity contribution in [1.29, 1.82) is 0 Å². The van der Waals surface area contributed by atoms with E-state index in [1.807, 2.05) is 18.2 Å². The van der Waals surface area contributed by atoms with Gasteiger partial charge in [0.2, 0.25) is 0 Å². The number of nitrogens with zero attached hydrogens (tertiary/aromatic N) is 1. The molecule has 0 aliphatic carbocycles. The maximum absolute atomic E-state index is 11.2. The molecule has 6 nitrogen and oxygen atoms in total. The number of pyridine rings is 1. The largest absolute Gasteiger partial charge is 0.478 e. The van der Waals surface area contributed by atoms with Gasteiger partial charge in [-0.05, 0) is 82.4 Å². The zero-order chi connectivity index (χ0) is 19.1. The Morgan fingerprint density at radius 3 is 1.96 bits per heavy atom. The third-order valence-electron chi connectivity index (χ3n) is 2.85. The van der Waals surface area contributed by atoms with Gasteiger partial charge in [-0.15, -0.1) is 0 Å². The molecular weight excluding hydrogens is 590 g/mol. The number of hydrogen-bond donors (Lipinski definition) is 3. The standard InChI is InChI=1S/C8H3Br4NO3.C7H10N2/c9-3-1(7(13)14)2(8(15)16)4(10)6(12)5(3)11;8-5-4-7-3-1-2-6-9-7/h(H2,13,14)(H,15,16);1-3,6H,4-5,8H2. The lowest BCUT2D eigenvalue weighted by Gasteiger charge is -2.11. The summed E-state index contributed by atoms with van der Waals surface area (Å²) in [5.74, 6) is -2.06. The predicted molar refractivity (Wildman–Crippen MR) is 110 cm³/mol. The topological polar surface area (TPSA) is 119 Å². The molecule has 0 radical (unpaired) electrons. The molecule has 2 aromatic rings. The van der Waals surface area contributed by atoms with Crippen LogP contribution in [0.4, 0.5) is 0 Å². The summed E-state index contributed by atoms with van der Waals surface area (Å²) in [6.07, 6.45) is 2.66. The van der Waals surface area contributed by atoms with Gasteiger partial charge in [0.25, 0.3) is 5.91 Å². The van der Waals surface area contributed by atoms with Crippen LogP contribution in [-0.2, 0) is 6.42 Å². The molecule has 0 aliphatic heterocycles. The summed E-state index contributed by atoms with van der Waals surface area (Å²) in [6, 6.07) is 5.85. The maximum atomic E-state index is 11.2. The molecule has 0 unspecified atom stereocenters. The van der Waals surface area contributed by atoms with Gasteiger partial charge < -0.3 is 16.6 Å². The first-order valence-corrected chi connectivity index (χ1v) is 9.88. The summed E-state index contributed by atoms with van der Waals surface area (Å²) >= 11 is 12.6. The minimum atomic E-state index is -1.24. The molecule has 0 aliphatic rings. The Morgan fingerprint density at radius 2 is 1.56 bits per heavy atom. The lowest BCUT2D eigenvalue weighted by molar-refractivity contribution is 0.0690. The van der Waals surface area contributed by atoms with E-state index in [9.17, 15) is 9.59 Å². The molecule has 1 aromatic heterocycles. The maximum Gasteiger partial charge on any atom is 0.337 e. The molecule has 1 amide bonds. The normalized spacial score (nSPS) is 9.96. The third-order valence-corrected chi connectivity index (χ3v) is 7.62. The fourth-order valence-electron chi connectivity index (χ4n) is 1.76. The Labute approximate surface area is 177 Å². The number of carboxylic acid groups (broad SMARTS) is 1. The number of benzene rings is 1. The Hall–Kier alpha value is -0.810. The first-order valence-electron chi connectivity index (χ1n) is 6.71. The van der Waals surface area contributed by atoms with E-state index in [1.165, 1.54) is 0 Å². The number of carboxylic acids is 1. The molecule has 0 fully saturated rings. The summed E-state index contributed by atoms with van der Waals surface area (Å²) in [6.45, 7) is 0.678. The average molecular weight is 603 g/mol. The molecule has 0 saturated carbocycles. The Balaban J connectivity index is 0.000000293. The predicted octanol–water partition coefficient (Wildman–Crippen LogP) is 4.12. The van der Waals surface area contributed by atoms with Crippen molar-refractivity contribution in [3.05, 3.63) is 59.1 Å². The van der Waals surface area contributed by atoms with Crippen molar-refractivity contribution in [3.8, 4) is 0 Å². The molecule has 2 rings (SSSR count). The molecule has 0 saturated heterocycles. The van der Waals surface area contributed by atoms with Gasteiger partial charge in [-0.3, -0.25) is 9.78 Å². The quantitative estimate of drug-likeness (QED) is 0.359. The van der Waals surface area contributed by atoms with Crippen LogP contribution < -0.4 is 11.5 Å². The Kier molecular flexibility index (Phi) is 9.22. The molecule has 10 heteroatoms. The highest BCUT2D eigenvalue weighted by molar-refractivity contribution is 9.15. The lowest BCUT2D eigenvalue weighted by atomic mass is 10.1. The first kappa shape index (κ1) is 22.2. The van der Waals surface area contributed by atoms with Crippen molar-refractivity contribution < 1.29 is 14.7 Å². The minimum absolute atomic E-state index is 0.0885. The fraction of sp³-hybridized carbons (Fsp3) is 0.133. The van der Waals surface area contributed by atoms with E-state index < -0.39 is 11.9 Å². The zero-order valence-electron chi connectivity index (χ0n) is 12.6. The number of halogens is 4. The van der Waals surface area contributed by atoms with E-state index in [2.05, 4.69) is 68.7 Å². The molecule has 134 valence electrons. The first-order chi connectivity index (χ1) is 11.7. The number of aromatic nitrogens is 1. The second kappa shape index (κ2) is 10.4. The van der Waals surface area contributed by atoms with E-state index in [1.54, 1.807) is 6.20 Å². The molecule has 1 heterocycles. The number of primary amides is 1. The van der Waals surface area contributed by atoms with Crippen molar-refractivity contribution >= 4 is 75.6 Å². The van der Waals surface area contributed by atoms with Gasteiger partial charge in [-0.2, -0.15) is 0 Å². The van der Waals surface area contributed by atoms with Gasteiger partial charge in [-0.1, -0.05) is 6.07 Å². The number of amides is 1. The molecular formula is C15H13Br4N3O3. The number of carbonyl (C=O) groups excluding carboxylic acids is 1. The molecule has 5 N–H and O–H groups in total. The van der Waals surface area contributed by atoms with Crippen LogP contribution in [0.5, 0.6) is 0 Å². The van der Waals surface area contributed by atoms with Gasteiger partial charge in [-0.25, -0.2) is 4.79 Å². The number of nitrogens with two attached hydrogens (primary N) is 2. The smallest absolute Gasteiger partial charge is 0.337 e. The second-order valence-electron chi connectivity index (χ2n) is 4.54. The van der Waals surface area contributed by atoms with Crippen molar-refractivity contribution in [3.63, 3.8) is 0 Å². The number of aromatic carboxylic acids is 1. The van der Waals surface area contributed by atoms with E-state index in [4.69, 9.17) is 16.6 Å². The zero-order valence-corrected chi connectivity index (χ0v) is 18.9. The minimum Gasteiger partial charge on any atom is -0.478 e. The van der Waals surface area contributed by atoms with Gasteiger partial charge >= 0.3 is 5.97 Å². The SMILES string of the molecule is NC(=O)c1c(Br)c(Br)c(Br)c(Br)c1C(=O)O.NCCc1ccccn1. The van der Waals surface area contributed by atoms with Gasteiger partial charge in [0.1, 0.15) is 0 Å². The average Bonchev–Trinajstić information content (AvgIpc) is 2.57. The van der Waals surface area contributed by atoms with Crippen molar-refractivity contribution in [1.82, 2.24) is 4.98 Å². The van der Waals surface area contributed by atoms with Crippen LogP contribution in [0.1, 0.15) is 26.4 Å². The van der Waals surface area contributed by atoms with E-state index in [0.29, 0.717) is 20.0 Å². The van der Waals surface area contributed by atoms with E-state index in [-0.39, 0.29) is 15.6 Å². The van der Waals surface area contributed by atoms with Gasteiger partial charge in [0.05, 0.1) is 11.1 Å². The van der Waals surface area contributed by atoms with Crippen LogP contribution in [0.3, 0.4) is 0 Å². The van der Waals surface area contributed by atoms with Crippen molar-refractivity contribution in [2.45, 2.75) is 6.42 Å².